The fourth-order valence-electron chi connectivity index (χ4n) is 0.829. The molecule has 0 aliphatic carbocycles. The Morgan fingerprint density at radius 2 is 1.88 bits per heavy atom. The summed E-state index contributed by atoms with van der Waals surface area (Å²) in [5.74, 6) is -1.51. The molecule has 0 unspecified atom stereocenters. The van der Waals surface area contributed by atoms with Gasteiger partial charge in [0.15, 0.2) is 0 Å². The minimum absolute atomic E-state index is 0. The number of carbonyl (C=O) groups excluding carboxylic acids is 1. The van der Waals surface area contributed by atoms with Crippen molar-refractivity contribution in [3.63, 3.8) is 0 Å². The van der Waals surface area contributed by atoms with Crippen molar-refractivity contribution >= 4 is 22.0 Å². The molecule has 0 bridgehead atoms. The van der Waals surface area contributed by atoms with Gasteiger partial charge in [0.05, 0.1) is 11.7 Å². The Hall–Kier alpha value is -0.800. The monoisotopic (exact) mass is 252 g/mol. The van der Waals surface area contributed by atoms with Gasteiger partial charge in [0.2, 0.25) is 0 Å². The number of benzene rings is 1. The van der Waals surface area contributed by atoms with Crippen LogP contribution in [0.4, 0.5) is 5.69 Å². The standard InChI is InChI=1S/C7H6N2O5S.Na/c10-7(11)5-3-1-2-4-6(5)8-9-15(12,13)14;/h1-4H,(H,10,11)(H,12,13,14);/q;+1/p-1. The Bertz CT molecular complexity index is 513. The summed E-state index contributed by atoms with van der Waals surface area (Å²) in [6, 6.07) is 5.25. The minimum Gasteiger partial charge on any atom is -0.545 e. The summed E-state index contributed by atoms with van der Waals surface area (Å²) in [4.78, 5) is 10.5. The summed E-state index contributed by atoms with van der Waals surface area (Å²) in [6.45, 7) is 0. The van der Waals surface area contributed by atoms with Crippen LogP contribution in [0.15, 0.2) is 33.9 Å². The Morgan fingerprint density at radius 3 is 2.38 bits per heavy atom. The van der Waals surface area contributed by atoms with Gasteiger partial charge in [-0.25, -0.2) is 0 Å². The van der Waals surface area contributed by atoms with Crippen molar-refractivity contribution in [2.75, 3.05) is 0 Å². The van der Waals surface area contributed by atoms with Crippen LogP contribution in [0.2, 0.25) is 0 Å². The molecule has 0 fully saturated rings. The van der Waals surface area contributed by atoms with E-state index >= 15 is 0 Å². The van der Waals surface area contributed by atoms with Crippen molar-refractivity contribution in [1.29, 1.82) is 0 Å². The Balaban J connectivity index is 0.00000225. The number of hydrogen-bond acceptors (Lipinski definition) is 5. The van der Waals surface area contributed by atoms with Crippen LogP contribution >= 0.6 is 0 Å². The van der Waals surface area contributed by atoms with Crippen LogP contribution in [0.3, 0.4) is 0 Å². The van der Waals surface area contributed by atoms with Gasteiger partial charge in [-0.05, 0) is 10.6 Å². The van der Waals surface area contributed by atoms with Crippen LogP contribution in [0.25, 0.3) is 0 Å². The van der Waals surface area contributed by atoms with Crippen LogP contribution in [-0.2, 0) is 10.3 Å². The van der Waals surface area contributed by atoms with Gasteiger partial charge in [0.25, 0.3) is 0 Å². The quantitative estimate of drug-likeness (QED) is 0.348. The molecule has 0 amide bonds. The molecule has 0 heterocycles. The largest absolute Gasteiger partial charge is 1.00 e. The fraction of sp³-hybridized carbons (Fsp3) is 0. The van der Waals surface area contributed by atoms with Crippen LogP contribution in [-0.4, -0.2) is 18.9 Å². The molecule has 1 rings (SSSR count). The summed E-state index contributed by atoms with van der Waals surface area (Å²) in [5, 5.41) is 13.6. The van der Waals surface area contributed by atoms with E-state index in [4.69, 9.17) is 4.55 Å². The molecular weight excluding hydrogens is 247 g/mol. The molecule has 0 saturated carbocycles. The molecule has 0 spiro atoms. The normalized spacial score (nSPS) is 11.1. The summed E-state index contributed by atoms with van der Waals surface area (Å²) in [6.07, 6.45) is 0. The number of carboxylic acids is 1. The number of rotatable bonds is 3. The molecule has 0 aliphatic heterocycles. The molecule has 1 aromatic carbocycles. The third-order valence-electron chi connectivity index (χ3n) is 1.38. The van der Waals surface area contributed by atoms with E-state index in [9.17, 15) is 18.3 Å². The summed E-state index contributed by atoms with van der Waals surface area (Å²) >= 11 is 0. The molecule has 80 valence electrons. The van der Waals surface area contributed by atoms with Crippen molar-refractivity contribution in [3.8, 4) is 0 Å². The number of aromatic carboxylic acids is 1. The topological polar surface area (TPSA) is 119 Å². The molecule has 0 aliphatic rings. The molecule has 0 radical (unpaired) electrons. The van der Waals surface area contributed by atoms with Gasteiger partial charge < -0.3 is 9.90 Å². The predicted octanol–water partition coefficient (Wildman–Crippen LogP) is -3.06. The van der Waals surface area contributed by atoms with Crippen LogP contribution < -0.4 is 34.7 Å². The van der Waals surface area contributed by atoms with E-state index < -0.39 is 16.3 Å². The van der Waals surface area contributed by atoms with Gasteiger partial charge >= 0.3 is 39.9 Å². The number of hydrogen-bond donors (Lipinski definition) is 1. The Labute approximate surface area is 113 Å². The predicted molar refractivity (Wildman–Crippen MR) is 46.8 cm³/mol. The van der Waals surface area contributed by atoms with E-state index in [1.807, 2.05) is 0 Å². The van der Waals surface area contributed by atoms with E-state index in [0.29, 0.717) is 0 Å². The first-order chi connectivity index (χ1) is 6.90. The van der Waals surface area contributed by atoms with E-state index in [1.54, 1.807) is 0 Å². The second-order valence-corrected chi connectivity index (χ2v) is 3.49. The van der Waals surface area contributed by atoms with Crippen LogP contribution in [0.1, 0.15) is 10.4 Å². The van der Waals surface area contributed by atoms with Crippen LogP contribution in [0, 0.1) is 0 Å². The first kappa shape index (κ1) is 15.2. The molecule has 7 nitrogen and oxygen atoms in total. The van der Waals surface area contributed by atoms with Crippen molar-refractivity contribution < 1.29 is 52.4 Å². The van der Waals surface area contributed by atoms with Crippen molar-refractivity contribution in [2.24, 2.45) is 9.63 Å². The van der Waals surface area contributed by atoms with Gasteiger partial charge in [-0.1, -0.05) is 18.2 Å². The first-order valence-electron chi connectivity index (χ1n) is 3.61. The maximum Gasteiger partial charge on any atom is 1.00 e. The van der Waals surface area contributed by atoms with Crippen molar-refractivity contribution in [2.45, 2.75) is 0 Å². The molecule has 0 atom stereocenters. The molecule has 0 saturated heterocycles. The second kappa shape index (κ2) is 6.06. The van der Waals surface area contributed by atoms with Gasteiger partial charge in [0, 0.05) is 5.56 Å². The smallest absolute Gasteiger partial charge is 0.545 e. The first-order valence-corrected chi connectivity index (χ1v) is 5.00. The number of carbonyl (C=O) groups is 1. The third-order valence-corrected chi connectivity index (χ3v) is 1.66. The summed E-state index contributed by atoms with van der Waals surface area (Å²) in [5.41, 5.74) is -0.528. The number of nitrogens with zero attached hydrogens (tertiary/aromatic N) is 2. The van der Waals surface area contributed by atoms with Gasteiger partial charge in [-0.3, -0.25) is 4.55 Å². The maximum absolute atomic E-state index is 10.5. The van der Waals surface area contributed by atoms with E-state index in [0.717, 1.165) is 0 Å². The molecule has 0 aromatic heterocycles. The Kier molecular flexibility index (Phi) is 5.76. The van der Waals surface area contributed by atoms with Crippen LogP contribution in [0.5, 0.6) is 0 Å². The minimum atomic E-state index is -4.62. The van der Waals surface area contributed by atoms with Crippen molar-refractivity contribution in [3.05, 3.63) is 29.8 Å². The maximum atomic E-state index is 10.5. The molecule has 9 heteroatoms. The van der Waals surface area contributed by atoms with Crippen molar-refractivity contribution in [1.82, 2.24) is 0 Å². The average Bonchev–Trinajstić information content (AvgIpc) is 2.14. The molecule has 1 N–H and O–H groups in total. The zero-order valence-electron chi connectivity index (χ0n) is 8.19. The second-order valence-electron chi connectivity index (χ2n) is 2.43. The number of carboxylic acid groups (broad SMARTS) is 1. The molecular formula is C7H5N2NaO5S. The Morgan fingerprint density at radius 1 is 1.31 bits per heavy atom. The SMILES string of the molecule is O=C([O-])c1ccccc1N=NS(=O)(=O)O.[Na+]. The zero-order chi connectivity index (χ0) is 11.5. The van der Waals surface area contributed by atoms with E-state index in [2.05, 4.69) is 9.63 Å². The van der Waals surface area contributed by atoms with Gasteiger partial charge in [-0.2, -0.15) is 8.42 Å². The van der Waals surface area contributed by atoms with E-state index in [1.165, 1.54) is 24.3 Å². The average molecular weight is 252 g/mol. The third kappa shape index (κ3) is 4.81. The van der Waals surface area contributed by atoms with Gasteiger partial charge in [0.1, 0.15) is 0 Å². The fourth-order valence-corrected chi connectivity index (χ4v) is 1.02. The summed E-state index contributed by atoms with van der Waals surface area (Å²) < 4.78 is 31.2. The summed E-state index contributed by atoms with van der Waals surface area (Å²) in [7, 11) is -4.62. The zero-order valence-corrected chi connectivity index (χ0v) is 11.0. The molecule has 16 heavy (non-hydrogen) atoms. The van der Waals surface area contributed by atoms with E-state index in [-0.39, 0.29) is 40.8 Å². The van der Waals surface area contributed by atoms with Gasteiger partial charge in [-0.15, -0.1) is 5.11 Å². The molecule has 1 aromatic rings.